The smallest absolute Gasteiger partial charge is 0.226 e. The maximum atomic E-state index is 13.6. The summed E-state index contributed by atoms with van der Waals surface area (Å²) >= 11 is 0. The summed E-state index contributed by atoms with van der Waals surface area (Å²) in [6.45, 7) is 0. The van der Waals surface area contributed by atoms with Crippen molar-refractivity contribution in [3.8, 4) is 0 Å². The van der Waals surface area contributed by atoms with Gasteiger partial charge in [0.05, 0.1) is 10.9 Å². The average Bonchev–Trinajstić information content (AvgIpc) is 2.48. The fourth-order valence-electron chi connectivity index (χ4n) is 2.27. The molecule has 0 heterocycles. The molecule has 0 spiro atoms. The monoisotopic (exact) mass is 327 g/mol. The second kappa shape index (κ2) is 4.40. The first-order valence-electron chi connectivity index (χ1n) is 5.45. The molecule has 0 fully saturated rings. The highest BCUT2D eigenvalue weighted by atomic mass is 19.2. The average molecular weight is 327 g/mol. The van der Waals surface area contributed by atoms with E-state index in [-0.39, 0.29) is 0 Å². The van der Waals surface area contributed by atoms with Crippen molar-refractivity contribution in [2.24, 2.45) is 0 Å². The van der Waals surface area contributed by atoms with Gasteiger partial charge in [0.2, 0.25) is 6.17 Å². The molecule has 0 saturated heterocycles. The first-order valence-corrected chi connectivity index (χ1v) is 5.45. The van der Waals surface area contributed by atoms with Crippen molar-refractivity contribution in [2.75, 3.05) is 0 Å². The normalized spacial score (nSPS) is 15.1. The number of hydrogen-bond acceptors (Lipinski definition) is 0. The number of benzene rings is 2. The summed E-state index contributed by atoms with van der Waals surface area (Å²) in [5, 5.41) is -3.19. The molecule has 3 rings (SSSR count). The number of hydrogen-bond donors (Lipinski definition) is 0. The van der Waals surface area contributed by atoms with E-state index in [0.717, 1.165) is 0 Å². The zero-order valence-corrected chi connectivity index (χ0v) is 9.90. The van der Waals surface area contributed by atoms with Crippen LogP contribution in [0.5, 0.6) is 0 Å². The molecule has 0 amide bonds. The van der Waals surface area contributed by atoms with E-state index in [1.165, 1.54) is 0 Å². The highest BCUT2D eigenvalue weighted by Crippen LogP contribution is 2.48. The van der Waals surface area contributed by atoms with Gasteiger partial charge in [-0.15, -0.1) is 0 Å². The Bertz CT molecular complexity index is 873. The Morgan fingerprint density at radius 1 is 0.364 bits per heavy atom. The molecule has 1 aliphatic carbocycles. The van der Waals surface area contributed by atoms with Crippen molar-refractivity contribution in [1.82, 2.24) is 0 Å². The molecule has 0 nitrogen and oxygen atoms in total. The lowest BCUT2D eigenvalue weighted by Crippen LogP contribution is -2.14. The summed E-state index contributed by atoms with van der Waals surface area (Å²) in [6, 6.07) is 0. The molecule has 0 N–H and O–H groups in total. The van der Waals surface area contributed by atoms with E-state index >= 15 is 0 Å². The van der Waals surface area contributed by atoms with Crippen molar-refractivity contribution in [2.45, 2.75) is 0 Å². The lowest BCUT2D eigenvalue weighted by atomic mass is 9.88. The van der Waals surface area contributed by atoms with Crippen LogP contribution >= 0.6 is 0 Å². The number of rotatable bonds is 0. The van der Waals surface area contributed by atoms with Gasteiger partial charge < -0.3 is 0 Å². The second-order valence-electron chi connectivity index (χ2n) is 4.33. The van der Waals surface area contributed by atoms with E-state index in [2.05, 4.69) is 0 Å². The fraction of sp³-hybridized carbons (Fsp3) is 0. The minimum absolute atomic E-state index is 1.47. The number of allylic oxidation sites excluding steroid dienone is 1. The van der Waals surface area contributed by atoms with E-state index in [1.807, 2.05) is 0 Å². The van der Waals surface area contributed by atoms with Gasteiger partial charge in [0.15, 0.2) is 46.6 Å². The molecule has 0 saturated carbocycles. The van der Waals surface area contributed by atoms with Crippen molar-refractivity contribution >= 4 is 16.6 Å². The van der Waals surface area contributed by atoms with Gasteiger partial charge in [-0.3, -0.25) is 0 Å². The van der Waals surface area contributed by atoms with E-state index in [1.54, 1.807) is 0 Å². The third kappa shape index (κ3) is 1.51. The Labute approximate surface area is 115 Å². The van der Waals surface area contributed by atoms with Gasteiger partial charge >= 0.3 is 0 Å². The van der Waals surface area contributed by atoms with Crippen LogP contribution < -0.4 is 0 Å². The maximum absolute atomic E-state index is 13.6. The zero-order chi connectivity index (χ0) is 16.5. The minimum Gasteiger partial charge on any atom is -0.226 e. The highest BCUT2D eigenvalue weighted by molar-refractivity contribution is 6.00. The molecule has 0 unspecified atom stereocenters. The standard InChI is InChI=1S/C13F9/c14-5-2-1-3(7(16)11(5)20)9(18)13(22)10(19)4(1)8(17)12(21)6(2)15. The number of halogens is 9. The maximum Gasteiger partial charge on any atom is 0.238 e. The molecule has 0 aliphatic heterocycles. The summed E-state index contributed by atoms with van der Waals surface area (Å²) in [5.41, 5.74) is -3.44. The molecule has 0 aromatic heterocycles. The van der Waals surface area contributed by atoms with Crippen molar-refractivity contribution in [1.29, 1.82) is 0 Å². The first-order chi connectivity index (χ1) is 10.2. The molecule has 2 aromatic carbocycles. The molecule has 22 heavy (non-hydrogen) atoms. The molecule has 1 aliphatic rings. The SMILES string of the molecule is F[C]1C(F)=C(F)c2c(F)c(F)c(F)c3c(F)c(F)c(F)c1c23. The van der Waals surface area contributed by atoms with Gasteiger partial charge in [0, 0.05) is 10.9 Å². The first kappa shape index (κ1) is 14.7. The second-order valence-corrected chi connectivity index (χ2v) is 4.33. The predicted octanol–water partition coefficient (Wildman–Crippen LogP) is 5.15. The van der Waals surface area contributed by atoms with Crippen LogP contribution in [-0.2, 0) is 0 Å². The Morgan fingerprint density at radius 2 is 0.818 bits per heavy atom. The predicted molar refractivity (Wildman–Crippen MR) is 56.3 cm³/mol. The largest absolute Gasteiger partial charge is 0.238 e. The van der Waals surface area contributed by atoms with Crippen LogP contribution in [0.25, 0.3) is 16.6 Å². The van der Waals surface area contributed by atoms with Crippen LogP contribution in [0.3, 0.4) is 0 Å². The van der Waals surface area contributed by atoms with Crippen LogP contribution in [0.2, 0.25) is 0 Å². The Morgan fingerprint density at radius 3 is 1.32 bits per heavy atom. The summed E-state index contributed by atoms with van der Waals surface area (Å²) in [4.78, 5) is 0. The van der Waals surface area contributed by atoms with Gasteiger partial charge in [-0.05, 0) is 0 Å². The molecule has 1 radical (unpaired) electrons. The lowest BCUT2D eigenvalue weighted by Gasteiger charge is -2.21. The van der Waals surface area contributed by atoms with Crippen molar-refractivity contribution < 1.29 is 39.5 Å². The molecular weight excluding hydrogens is 327 g/mol. The van der Waals surface area contributed by atoms with Crippen LogP contribution in [0.15, 0.2) is 5.83 Å². The Kier molecular flexibility index (Phi) is 2.95. The van der Waals surface area contributed by atoms with Crippen molar-refractivity contribution in [3.05, 3.63) is 58.0 Å². The molecule has 2 aromatic rings. The molecule has 115 valence electrons. The van der Waals surface area contributed by atoms with Crippen LogP contribution in [-0.4, -0.2) is 0 Å². The van der Waals surface area contributed by atoms with Crippen molar-refractivity contribution in [3.63, 3.8) is 0 Å². The van der Waals surface area contributed by atoms with E-state index in [9.17, 15) is 39.5 Å². The topological polar surface area (TPSA) is 0 Å². The van der Waals surface area contributed by atoms with E-state index in [4.69, 9.17) is 0 Å². The van der Waals surface area contributed by atoms with Gasteiger partial charge in [0.1, 0.15) is 0 Å². The highest BCUT2D eigenvalue weighted by Gasteiger charge is 2.41. The van der Waals surface area contributed by atoms with Gasteiger partial charge in [-0.1, -0.05) is 0 Å². The zero-order valence-electron chi connectivity index (χ0n) is 9.90. The summed E-state index contributed by atoms with van der Waals surface area (Å²) in [5.74, 6) is -18.9. The summed E-state index contributed by atoms with van der Waals surface area (Å²) < 4.78 is 122. The van der Waals surface area contributed by atoms with Gasteiger partial charge in [-0.2, -0.15) is 0 Å². The van der Waals surface area contributed by atoms with Crippen LogP contribution in [0, 0.1) is 41.1 Å². The Balaban J connectivity index is 2.74. The third-order valence-corrected chi connectivity index (χ3v) is 3.22. The summed E-state index contributed by atoms with van der Waals surface area (Å²) in [7, 11) is 0. The van der Waals surface area contributed by atoms with Gasteiger partial charge in [0.25, 0.3) is 0 Å². The third-order valence-electron chi connectivity index (χ3n) is 3.22. The fourth-order valence-corrected chi connectivity index (χ4v) is 2.27. The van der Waals surface area contributed by atoms with Crippen LogP contribution in [0.4, 0.5) is 39.5 Å². The summed E-state index contributed by atoms with van der Waals surface area (Å²) in [6.07, 6.45) is -2.32. The van der Waals surface area contributed by atoms with Crippen LogP contribution in [0.1, 0.15) is 11.1 Å². The molecule has 0 bridgehead atoms. The Hall–Kier alpha value is -2.19. The molecule has 0 atom stereocenters. The van der Waals surface area contributed by atoms with Gasteiger partial charge in [-0.25, -0.2) is 39.5 Å². The lowest BCUT2D eigenvalue weighted by molar-refractivity contribution is 0.412. The molecular formula is C13F9. The minimum atomic E-state index is -2.44. The van der Waals surface area contributed by atoms with E-state index in [0.29, 0.717) is 0 Å². The quantitative estimate of drug-likeness (QED) is 0.464. The molecule has 9 heteroatoms. The van der Waals surface area contributed by atoms with E-state index < -0.39 is 74.6 Å².